The molecule has 2 aromatic carbocycles. The van der Waals surface area contributed by atoms with Crippen LogP contribution in [0.1, 0.15) is 20.9 Å². The van der Waals surface area contributed by atoms with Crippen molar-refractivity contribution in [1.29, 1.82) is 0 Å². The summed E-state index contributed by atoms with van der Waals surface area (Å²) in [5, 5.41) is 11.8. The van der Waals surface area contributed by atoms with Crippen LogP contribution in [-0.2, 0) is 0 Å². The van der Waals surface area contributed by atoms with Crippen molar-refractivity contribution in [2.45, 2.75) is 0 Å². The molecule has 0 saturated carbocycles. The first-order valence-electron chi connectivity index (χ1n) is 7.46. The van der Waals surface area contributed by atoms with Gasteiger partial charge >= 0.3 is 5.97 Å². The number of methoxy groups -OCH3 is 1. The predicted molar refractivity (Wildman–Crippen MR) is 92.1 cm³/mol. The van der Waals surface area contributed by atoms with E-state index in [1.165, 1.54) is 13.2 Å². The van der Waals surface area contributed by atoms with Gasteiger partial charge < -0.3 is 19.6 Å². The molecule has 126 valence electrons. The SMILES string of the molecule is COc1ccc(-c2ccc(C(=O)O)o2)cc1NC(=O)c1ccccc1. The number of aromatic carboxylic acids is 1. The average Bonchev–Trinajstić information content (AvgIpc) is 3.13. The van der Waals surface area contributed by atoms with E-state index in [1.807, 2.05) is 6.07 Å². The molecule has 0 fully saturated rings. The summed E-state index contributed by atoms with van der Waals surface area (Å²) in [5.41, 5.74) is 1.60. The molecule has 0 aliphatic rings. The van der Waals surface area contributed by atoms with E-state index in [9.17, 15) is 9.59 Å². The lowest BCUT2D eigenvalue weighted by Crippen LogP contribution is -2.12. The molecule has 0 spiro atoms. The normalized spacial score (nSPS) is 10.3. The third kappa shape index (κ3) is 3.53. The van der Waals surface area contributed by atoms with Crippen LogP contribution >= 0.6 is 0 Å². The highest BCUT2D eigenvalue weighted by Crippen LogP contribution is 2.32. The van der Waals surface area contributed by atoms with Gasteiger partial charge in [0.15, 0.2) is 0 Å². The van der Waals surface area contributed by atoms with Crippen molar-refractivity contribution in [1.82, 2.24) is 0 Å². The predicted octanol–water partition coefficient (Wildman–Crippen LogP) is 3.91. The van der Waals surface area contributed by atoms with Crippen LogP contribution in [0, 0.1) is 0 Å². The van der Waals surface area contributed by atoms with Crippen LogP contribution in [-0.4, -0.2) is 24.1 Å². The minimum atomic E-state index is -1.14. The Morgan fingerprint density at radius 2 is 1.80 bits per heavy atom. The number of furan rings is 1. The number of rotatable bonds is 5. The van der Waals surface area contributed by atoms with Crippen molar-refractivity contribution in [2.24, 2.45) is 0 Å². The maximum Gasteiger partial charge on any atom is 0.371 e. The van der Waals surface area contributed by atoms with E-state index in [0.29, 0.717) is 28.3 Å². The maximum absolute atomic E-state index is 12.4. The van der Waals surface area contributed by atoms with Crippen molar-refractivity contribution >= 4 is 17.6 Å². The Balaban J connectivity index is 1.92. The fraction of sp³-hybridized carbons (Fsp3) is 0.0526. The van der Waals surface area contributed by atoms with E-state index < -0.39 is 5.97 Å². The van der Waals surface area contributed by atoms with Gasteiger partial charge in [-0.1, -0.05) is 18.2 Å². The minimum Gasteiger partial charge on any atom is -0.495 e. The van der Waals surface area contributed by atoms with Gasteiger partial charge in [-0.25, -0.2) is 4.79 Å². The fourth-order valence-corrected chi connectivity index (χ4v) is 2.35. The van der Waals surface area contributed by atoms with Gasteiger partial charge in [0.25, 0.3) is 5.91 Å². The summed E-state index contributed by atoms with van der Waals surface area (Å²) in [6.07, 6.45) is 0. The maximum atomic E-state index is 12.4. The standard InChI is InChI=1S/C19H15NO5/c1-24-16-8-7-13(15-9-10-17(25-15)19(22)23)11-14(16)20-18(21)12-5-3-2-4-6-12/h2-11H,1H3,(H,20,21)(H,22,23). The summed E-state index contributed by atoms with van der Waals surface area (Å²) >= 11 is 0. The molecular weight excluding hydrogens is 322 g/mol. The summed E-state index contributed by atoms with van der Waals surface area (Å²) < 4.78 is 10.6. The Morgan fingerprint density at radius 3 is 2.44 bits per heavy atom. The second-order valence-electron chi connectivity index (χ2n) is 5.20. The highest BCUT2D eigenvalue weighted by molar-refractivity contribution is 6.05. The summed E-state index contributed by atoms with van der Waals surface area (Å²) in [6, 6.07) is 16.8. The zero-order chi connectivity index (χ0) is 17.8. The molecule has 0 atom stereocenters. The highest BCUT2D eigenvalue weighted by atomic mass is 16.5. The van der Waals surface area contributed by atoms with Crippen molar-refractivity contribution in [3.05, 3.63) is 72.0 Å². The molecule has 3 rings (SSSR count). The second-order valence-corrected chi connectivity index (χ2v) is 5.20. The van der Waals surface area contributed by atoms with Crippen molar-refractivity contribution in [3.8, 4) is 17.1 Å². The number of amides is 1. The Bertz CT molecular complexity index is 915. The average molecular weight is 337 g/mol. The molecule has 2 N–H and O–H groups in total. The van der Waals surface area contributed by atoms with E-state index in [1.54, 1.807) is 48.5 Å². The zero-order valence-corrected chi connectivity index (χ0v) is 13.4. The van der Waals surface area contributed by atoms with E-state index in [4.69, 9.17) is 14.3 Å². The first-order valence-corrected chi connectivity index (χ1v) is 7.46. The number of carbonyl (C=O) groups excluding carboxylic acids is 1. The molecule has 1 amide bonds. The van der Waals surface area contributed by atoms with Gasteiger partial charge in [-0.2, -0.15) is 0 Å². The van der Waals surface area contributed by atoms with Gasteiger partial charge in [-0.05, 0) is 42.5 Å². The quantitative estimate of drug-likeness (QED) is 0.737. The van der Waals surface area contributed by atoms with Crippen LogP contribution in [0.5, 0.6) is 5.75 Å². The van der Waals surface area contributed by atoms with Crippen LogP contribution in [0.4, 0.5) is 5.69 Å². The molecule has 25 heavy (non-hydrogen) atoms. The smallest absolute Gasteiger partial charge is 0.371 e. The van der Waals surface area contributed by atoms with Gasteiger partial charge in [0.1, 0.15) is 11.5 Å². The van der Waals surface area contributed by atoms with Crippen molar-refractivity contribution in [2.75, 3.05) is 12.4 Å². The molecule has 6 nitrogen and oxygen atoms in total. The van der Waals surface area contributed by atoms with Gasteiger partial charge in [0.05, 0.1) is 12.8 Å². The van der Waals surface area contributed by atoms with Gasteiger partial charge in [-0.15, -0.1) is 0 Å². The van der Waals surface area contributed by atoms with Gasteiger partial charge in [0, 0.05) is 11.1 Å². The molecule has 1 aromatic heterocycles. The van der Waals surface area contributed by atoms with Crippen molar-refractivity contribution < 1.29 is 23.8 Å². The molecule has 0 radical (unpaired) electrons. The Kier molecular flexibility index (Phi) is 4.52. The lowest BCUT2D eigenvalue weighted by atomic mass is 10.1. The largest absolute Gasteiger partial charge is 0.495 e. The van der Waals surface area contributed by atoms with E-state index in [0.717, 1.165) is 0 Å². The number of ether oxygens (including phenoxy) is 1. The highest BCUT2D eigenvalue weighted by Gasteiger charge is 2.14. The molecule has 6 heteroatoms. The van der Waals surface area contributed by atoms with Crippen LogP contribution in [0.25, 0.3) is 11.3 Å². The number of carboxylic acids is 1. The Morgan fingerprint density at radius 1 is 1.04 bits per heavy atom. The number of benzene rings is 2. The second kappa shape index (κ2) is 6.92. The fourth-order valence-electron chi connectivity index (χ4n) is 2.35. The first-order chi connectivity index (χ1) is 12.1. The van der Waals surface area contributed by atoms with E-state index >= 15 is 0 Å². The van der Waals surface area contributed by atoms with E-state index in [-0.39, 0.29) is 11.7 Å². The number of carboxylic acid groups (broad SMARTS) is 1. The minimum absolute atomic E-state index is 0.152. The topological polar surface area (TPSA) is 88.8 Å². The Labute approximate surface area is 143 Å². The summed E-state index contributed by atoms with van der Waals surface area (Å²) in [7, 11) is 1.50. The van der Waals surface area contributed by atoms with Crippen LogP contribution < -0.4 is 10.1 Å². The number of hydrogen-bond acceptors (Lipinski definition) is 4. The third-order valence-corrected chi connectivity index (χ3v) is 3.58. The number of hydrogen-bond donors (Lipinski definition) is 2. The van der Waals surface area contributed by atoms with E-state index in [2.05, 4.69) is 5.32 Å². The van der Waals surface area contributed by atoms with Crippen LogP contribution in [0.3, 0.4) is 0 Å². The Hall–Kier alpha value is -3.54. The lowest BCUT2D eigenvalue weighted by Gasteiger charge is -2.11. The number of carbonyl (C=O) groups is 2. The lowest BCUT2D eigenvalue weighted by molar-refractivity contribution is 0.0663. The molecule has 0 unspecified atom stereocenters. The zero-order valence-electron chi connectivity index (χ0n) is 13.4. The van der Waals surface area contributed by atoms with Crippen molar-refractivity contribution in [3.63, 3.8) is 0 Å². The van der Waals surface area contributed by atoms with Crippen LogP contribution in [0.2, 0.25) is 0 Å². The van der Waals surface area contributed by atoms with Gasteiger partial charge in [0.2, 0.25) is 5.76 Å². The molecule has 1 heterocycles. The molecule has 0 bridgehead atoms. The summed E-state index contributed by atoms with van der Waals surface area (Å²) in [4.78, 5) is 23.3. The molecule has 0 saturated heterocycles. The summed E-state index contributed by atoms with van der Waals surface area (Å²) in [6.45, 7) is 0. The third-order valence-electron chi connectivity index (χ3n) is 3.58. The first kappa shape index (κ1) is 16.3. The monoisotopic (exact) mass is 337 g/mol. The molecular formula is C19H15NO5. The molecule has 0 aliphatic heterocycles. The summed E-state index contributed by atoms with van der Waals surface area (Å²) in [5.74, 6) is -0.701. The molecule has 3 aromatic rings. The molecule has 0 aliphatic carbocycles. The number of nitrogens with one attached hydrogen (secondary N) is 1. The number of anilines is 1. The van der Waals surface area contributed by atoms with Gasteiger partial charge in [-0.3, -0.25) is 4.79 Å². The van der Waals surface area contributed by atoms with Crippen LogP contribution in [0.15, 0.2) is 65.1 Å².